The molecule has 4 nitrogen and oxygen atoms in total. The molecule has 0 unspecified atom stereocenters. The third kappa shape index (κ3) is 4.19. The highest BCUT2D eigenvalue weighted by molar-refractivity contribution is 9.10. The Morgan fingerprint density at radius 1 is 1.24 bits per heavy atom. The monoisotopic (exact) mass is 299 g/mol. The summed E-state index contributed by atoms with van der Waals surface area (Å²) in [5.41, 5.74) is 2.87. The Kier molecular flexibility index (Phi) is 4.69. The number of carbonyl (C=O) groups excluding carboxylic acids is 1. The first-order valence-electron chi connectivity index (χ1n) is 5.18. The zero-order valence-corrected chi connectivity index (χ0v) is 11.3. The first-order valence-corrected chi connectivity index (χ1v) is 5.98. The molecule has 0 aromatic heterocycles. The number of carbonyl (C=O) groups is 2. The number of halogens is 1. The van der Waals surface area contributed by atoms with Gasteiger partial charge in [-0.15, -0.1) is 0 Å². The van der Waals surface area contributed by atoms with Crippen LogP contribution in [0, 0.1) is 13.8 Å². The van der Waals surface area contributed by atoms with Crippen LogP contribution in [0.3, 0.4) is 0 Å². The van der Waals surface area contributed by atoms with Crippen molar-refractivity contribution in [2.24, 2.45) is 0 Å². The quantitative estimate of drug-likeness (QED) is 0.898. The fraction of sp³-hybridized carbons (Fsp3) is 0.333. The Bertz CT molecular complexity index is 457. The van der Waals surface area contributed by atoms with Crippen molar-refractivity contribution in [1.82, 2.24) is 0 Å². The van der Waals surface area contributed by atoms with Gasteiger partial charge in [-0.25, -0.2) is 0 Å². The topological polar surface area (TPSA) is 66.4 Å². The highest BCUT2D eigenvalue weighted by Crippen LogP contribution is 2.26. The van der Waals surface area contributed by atoms with E-state index in [0.717, 1.165) is 15.6 Å². The average molecular weight is 300 g/mol. The molecule has 0 radical (unpaired) electrons. The van der Waals surface area contributed by atoms with Gasteiger partial charge in [0.15, 0.2) is 0 Å². The number of carboxylic acids is 1. The van der Waals surface area contributed by atoms with E-state index in [2.05, 4.69) is 21.2 Å². The van der Waals surface area contributed by atoms with Crippen molar-refractivity contribution in [3.8, 4) is 0 Å². The lowest BCUT2D eigenvalue weighted by Gasteiger charge is -2.09. The van der Waals surface area contributed by atoms with E-state index in [4.69, 9.17) is 5.11 Å². The SMILES string of the molecule is Cc1cc(Br)c(NC(=O)CCC(=O)O)cc1C. The molecule has 0 heterocycles. The van der Waals surface area contributed by atoms with E-state index in [1.807, 2.05) is 26.0 Å². The smallest absolute Gasteiger partial charge is 0.303 e. The number of amides is 1. The third-order valence-corrected chi connectivity index (χ3v) is 3.08. The summed E-state index contributed by atoms with van der Waals surface area (Å²) in [4.78, 5) is 21.8. The summed E-state index contributed by atoms with van der Waals surface area (Å²) in [6.07, 6.45) is -0.178. The van der Waals surface area contributed by atoms with Gasteiger partial charge >= 0.3 is 5.97 Å². The molecule has 0 spiro atoms. The van der Waals surface area contributed by atoms with Gasteiger partial charge in [-0.3, -0.25) is 9.59 Å². The minimum Gasteiger partial charge on any atom is -0.481 e. The molecule has 0 fully saturated rings. The standard InChI is InChI=1S/C12H14BrNO3/c1-7-5-9(13)10(6-8(7)2)14-11(15)3-4-12(16)17/h5-6H,3-4H2,1-2H3,(H,14,15)(H,16,17). The lowest BCUT2D eigenvalue weighted by atomic mass is 10.1. The van der Waals surface area contributed by atoms with Gasteiger partial charge in [-0.05, 0) is 53.0 Å². The maximum Gasteiger partial charge on any atom is 0.303 e. The molecule has 0 saturated heterocycles. The second-order valence-corrected chi connectivity index (χ2v) is 4.71. The lowest BCUT2D eigenvalue weighted by molar-refractivity contribution is -0.138. The van der Waals surface area contributed by atoms with Crippen molar-refractivity contribution in [1.29, 1.82) is 0 Å². The molecule has 0 saturated carbocycles. The highest BCUT2D eigenvalue weighted by atomic mass is 79.9. The number of nitrogens with one attached hydrogen (secondary N) is 1. The average Bonchev–Trinajstić information content (AvgIpc) is 2.23. The Morgan fingerprint density at radius 2 is 1.82 bits per heavy atom. The molecule has 1 rings (SSSR count). The van der Waals surface area contributed by atoms with Crippen LogP contribution < -0.4 is 5.32 Å². The first kappa shape index (κ1) is 13.7. The first-order chi connectivity index (χ1) is 7.90. The maximum absolute atomic E-state index is 11.5. The molecule has 0 aliphatic rings. The van der Waals surface area contributed by atoms with Gasteiger partial charge in [0.05, 0.1) is 12.1 Å². The second-order valence-electron chi connectivity index (χ2n) is 3.86. The fourth-order valence-corrected chi connectivity index (χ4v) is 1.87. The minimum atomic E-state index is -0.973. The largest absolute Gasteiger partial charge is 0.481 e. The minimum absolute atomic E-state index is 0.0191. The summed E-state index contributed by atoms with van der Waals surface area (Å²) in [6.45, 7) is 3.94. The van der Waals surface area contributed by atoms with Crippen LogP contribution in [-0.4, -0.2) is 17.0 Å². The van der Waals surface area contributed by atoms with Crippen LogP contribution in [0.5, 0.6) is 0 Å². The van der Waals surface area contributed by atoms with E-state index in [9.17, 15) is 9.59 Å². The van der Waals surface area contributed by atoms with Crippen molar-refractivity contribution in [3.05, 3.63) is 27.7 Å². The van der Waals surface area contributed by atoms with Crippen LogP contribution in [0.1, 0.15) is 24.0 Å². The molecule has 1 amide bonds. The molecule has 0 aliphatic carbocycles. The van der Waals surface area contributed by atoms with E-state index in [1.165, 1.54) is 0 Å². The zero-order valence-electron chi connectivity index (χ0n) is 9.71. The van der Waals surface area contributed by atoms with Gasteiger partial charge in [-0.2, -0.15) is 0 Å². The number of aliphatic carboxylic acids is 1. The molecule has 1 aromatic rings. The number of anilines is 1. The summed E-state index contributed by atoms with van der Waals surface area (Å²) >= 11 is 3.36. The molecule has 2 N–H and O–H groups in total. The molecular weight excluding hydrogens is 286 g/mol. The number of rotatable bonds is 4. The van der Waals surface area contributed by atoms with E-state index in [-0.39, 0.29) is 18.7 Å². The Labute approximate surface area is 108 Å². The lowest BCUT2D eigenvalue weighted by Crippen LogP contribution is -2.13. The molecule has 1 aromatic carbocycles. The van der Waals surface area contributed by atoms with Gasteiger partial charge in [-0.1, -0.05) is 0 Å². The van der Waals surface area contributed by atoms with E-state index >= 15 is 0 Å². The second kappa shape index (κ2) is 5.82. The van der Waals surface area contributed by atoms with Gasteiger partial charge in [0, 0.05) is 10.9 Å². The van der Waals surface area contributed by atoms with Crippen LogP contribution in [0.4, 0.5) is 5.69 Å². The number of hydrogen-bond acceptors (Lipinski definition) is 2. The van der Waals surface area contributed by atoms with E-state index in [1.54, 1.807) is 0 Å². The Morgan fingerprint density at radius 3 is 2.41 bits per heavy atom. The predicted octanol–water partition coefficient (Wildman–Crippen LogP) is 2.87. The van der Waals surface area contributed by atoms with Crippen LogP contribution in [-0.2, 0) is 9.59 Å². The predicted molar refractivity (Wildman–Crippen MR) is 69.1 cm³/mol. The van der Waals surface area contributed by atoms with Crippen molar-refractivity contribution in [2.45, 2.75) is 26.7 Å². The molecule has 0 aliphatic heterocycles. The normalized spacial score (nSPS) is 10.1. The maximum atomic E-state index is 11.5. The highest BCUT2D eigenvalue weighted by Gasteiger charge is 2.09. The van der Waals surface area contributed by atoms with Crippen molar-refractivity contribution < 1.29 is 14.7 Å². The number of aryl methyl sites for hydroxylation is 2. The van der Waals surface area contributed by atoms with Crippen LogP contribution in [0.25, 0.3) is 0 Å². The Balaban J connectivity index is 2.71. The number of benzene rings is 1. The molecule has 5 heteroatoms. The van der Waals surface area contributed by atoms with Gasteiger partial charge in [0.25, 0.3) is 0 Å². The summed E-state index contributed by atoms with van der Waals surface area (Å²) in [6, 6.07) is 3.78. The van der Waals surface area contributed by atoms with Gasteiger partial charge < -0.3 is 10.4 Å². The van der Waals surface area contributed by atoms with Crippen LogP contribution in [0.15, 0.2) is 16.6 Å². The van der Waals surface area contributed by atoms with Crippen molar-refractivity contribution in [3.63, 3.8) is 0 Å². The molecule has 17 heavy (non-hydrogen) atoms. The van der Waals surface area contributed by atoms with Crippen LogP contribution in [0.2, 0.25) is 0 Å². The van der Waals surface area contributed by atoms with E-state index in [0.29, 0.717) is 5.69 Å². The van der Waals surface area contributed by atoms with Crippen LogP contribution >= 0.6 is 15.9 Å². The summed E-state index contributed by atoms with van der Waals surface area (Å²) < 4.78 is 0.796. The number of hydrogen-bond donors (Lipinski definition) is 2. The molecule has 0 bridgehead atoms. The number of carboxylic acid groups (broad SMARTS) is 1. The fourth-order valence-electron chi connectivity index (χ4n) is 1.31. The van der Waals surface area contributed by atoms with E-state index < -0.39 is 5.97 Å². The van der Waals surface area contributed by atoms with Gasteiger partial charge in [0.1, 0.15) is 0 Å². The molecular formula is C12H14BrNO3. The van der Waals surface area contributed by atoms with Gasteiger partial charge in [0.2, 0.25) is 5.91 Å². The zero-order chi connectivity index (χ0) is 13.0. The summed E-state index contributed by atoms with van der Waals surface area (Å²) in [7, 11) is 0. The Hall–Kier alpha value is -1.36. The van der Waals surface area contributed by atoms with Crippen molar-refractivity contribution in [2.75, 3.05) is 5.32 Å². The third-order valence-electron chi connectivity index (χ3n) is 2.42. The van der Waals surface area contributed by atoms with Crippen molar-refractivity contribution >= 4 is 33.5 Å². The summed E-state index contributed by atoms with van der Waals surface area (Å²) in [5, 5.41) is 11.2. The molecule has 92 valence electrons. The summed E-state index contributed by atoms with van der Waals surface area (Å²) in [5.74, 6) is -1.27. The molecule has 0 atom stereocenters.